The van der Waals surface area contributed by atoms with Gasteiger partial charge in [0.1, 0.15) is 0 Å². The Bertz CT molecular complexity index is 653. The van der Waals surface area contributed by atoms with Crippen LogP contribution in [0.5, 0.6) is 0 Å². The third-order valence-electron chi connectivity index (χ3n) is 3.04. The van der Waals surface area contributed by atoms with Crippen molar-refractivity contribution in [3.05, 3.63) is 64.1 Å². The number of ether oxygens (including phenoxy) is 1. The molecule has 0 N–H and O–H groups in total. The van der Waals surface area contributed by atoms with Crippen LogP contribution in [0.4, 0.5) is 0 Å². The highest BCUT2D eigenvalue weighted by atomic mass is 79.9. The van der Waals surface area contributed by atoms with Gasteiger partial charge in [-0.1, -0.05) is 40.2 Å². The molecule has 0 aliphatic heterocycles. The topological polar surface area (TPSA) is 43.4 Å². The van der Waals surface area contributed by atoms with Gasteiger partial charge in [0, 0.05) is 9.37 Å². The Morgan fingerprint density at radius 1 is 1.10 bits per heavy atom. The van der Waals surface area contributed by atoms with Crippen molar-refractivity contribution in [2.45, 2.75) is 17.1 Å². The molecule has 0 spiro atoms. The lowest BCUT2D eigenvalue weighted by Crippen LogP contribution is -2.08. The minimum Gasteiger partial charge on any atom is -0.469 e. The van der Waals surface area contributed by atoms with Gasteiger partial charge in [0.25, 0.3) is 0 Å². The van der Waals surface area contributed by atoms with E-state index in [1.807, 2.05) is 48.5 Å². The van der Waals surface area contributed by atoms with Crippen molar-refractivity contribution in [2.24, 2.45) is 0 Å². The van der Waals surface area contributed by atoms with Gasteiger partial charge < -0.3 is 4.74 Å². The minimum absolute atomic E-state index is 0.199. The summed E-state index contributed by atoms with van der Waals surface area (Å²) < 4.78 is 18.1. The number of rotatable bonds is 5. The molecule has 3 nitrogen and oxygen atoms in total. The lowest BCUT2D eigenvalue weighted by Gasteiger charge is -2.09. The molecule has 0 aliphatic carbocycles. The van der Waals surface area contributed by atoms with E-state index in [1.165, 1.54) is 7.11 Å². The lowest BCUT2D eigenvalue weighted by atomic mass is 10.1. The first-order chi connectivity index (χ1) is 10.1. The van der Waals surface area contributed by atoms with Gasteiger partial charge in [0.2, 0.25) is 0 Å². The van der Waals surface area contributed by atoms with Crippen molar-refractivity contribution in [1.29, 1.82) is 0 Å². The summed E-state index contributed by atoms with van der Waals surface area (Å²) in [7, 11) is 0.223. The van der Waals surface area contributed by atoms with Crippen molar-refractivity contribution in [3.8, 4) is 0 Å². The van der Waals surface area contributed by atoms with E-state index in [-0.39, 0.29) is 12.4 Å². The summed E-state index contributed by atoms with van der Waals surface area (Å²) in [5, 5.41) is 0. The molecule has 2 aromatic rings. The largest absolute Gasteiger partial charge is 0.469 e. The zero-order chi connectivity index (χ0) is 15.2. The van der Waals surface area contributed by atoms with Gasteiger partial charge in [-0.2, -0.15) is 0 Å². The van der Waals surface area contributed by atoms with E-state index in [1.54, 1.807) is 0 Å². The molecule has 0 saturated heterocycles. The maximum atomic E-state index is 12.4. The predicted octanol–water partition coefficient (Wildman–Crippen LogP) is 3.47. The normalized spacial score (nSPS) is 11.9. The summed E-state index contributed by atoms with van der Waals surface area (Å²) >= 11 is 3.36. The number of hydrogen-bond acceptors (Lipinski definition) is 3. The summed E-state index contributed by atoms with van der Waals surface area (Å²) in [6.45, 7) is 0. The van der Waals surface area contributed by atoms with Crippen molar-refractivity contribution in [1.82, 2.24) is 0 Å². The average molecular weight is 367 g/mol. The van der Waals surface area contributed by atoms with Crippen molar-refractivity contribution >= 4 is 32.7 Å². The van der Waals surface area contributed by atoms with Gasteiger partial charge in [-0.3, -0.25) is 9.00 Å². The van der Waals surface area contributed by atoms with Crippen LogP contribution in [-0.4, -0.2) is 17.3 Å². The summed E-state index contributed by atoms with van der Waals surface area (Å²) in [5.41, 5.74) is 1.76. The van der Waals surface area contributed by atoms with Crippen LogP contribution in [0, 0.1) is 0 Å². The van der Waals surface area contributed by atoms with Gasteiger partial charge in [-0.25, -0.2) is 0 Å². The fraction of sp³-hybridized carbons (Fsp3) is 0.188. The smallest absolute Gasteiger partial charge is 0.309 e. The molecular formula is C16H15BrO3S. The van der Waals surface area contributed by atoms with Crippen LogP contribution in [-0.2, 0) is 32.5 Å². The third-order valence-corrected chi connectivity index (χ3v) is 4.94. The highest BCUT2D eigenvalue weighted by Crippen LogP contribution is 2.18. The zero-order valence-electron chi connectivity index (χ0n) is 11.5. The number of carbonyl (C=O) groups excluding carboxylic acids is 1. The maximum absolute atomic E-state index is 12.4. The van der Waals surface area contributed by atoms with E-state index in [0.717, 1.165) is 20.5 Å². The van der Waals surface area contributed by atoms with E-state index >= 15 is 0 Å². The van der Waals surface area contributed by atoms with Gasteiger partial charge in [0.05, 0.1) is 30.1 Å². The van der Waals surface area contributed by atoms with Crippen LogP contribution in [0.2, 0.25) is 0 Å². The fourth-order valence-electron chi connectivity index (χ4n) is 1.91. The molecule has 21 heavy (non-hydrogen) atoms. The molecule has 0 saturated carbocycles. The quantitative estimate of drug-likeness (QED) is 0.760. The predicted molar refractivity (Wildman–Crippen MR) is 86.4 cm³/mol. The number of benzene rings is 2. The second kappa shape index (κ2) is 7.52. The second-order valence-corrected chi connectivity index (χ2v) is 6.83. The molecule has 5 heteroatoms. The van der Waals surface area contributed by atoms with Gasteiger partial charge in [-0.05, 0) is 35.4 Å². The Hall–Kier alpha value is -1.46. The second-order valence-electron chi connectivity index (χ2n) is 4.47. The van der Waals surface area contributed by atoms with E-state index in [0.29, 0.717) is 5.75 Å². The summed E-state index contributed by atoms with van der Waals surface area (Å²) in [5.74, 6) is 0.0892. The van der Waals surface area contributed by atoms with Gasteiger partial charge >= 0.3 is 5.97 Å². The maximum Gasteiger partial charge on any atom is 0.309 e. The molecule has 0 bridgehead atoms. The summed E-state index contributed by atoms with van der Waals surface area (Å²) in [4.78, 5) is 12.2. The molecule has 0 radical (unpaired) electrons. The van der Waals surface area contributed by atoms with E-state index < -0.39 is 10.8 Å². The molecule has 0 aliphatic rings. The molecule has 0 heterocycles. The Labute approximate surface area is 134 Å². The minimum atomic E-state index is -1.14. The standard InChI is InChI=1S/C16H15BrO3S/c1-20-16(18)10-12-4-2-3-5-13(12)11-21(19)15-8-6-14(17)7-9-15/h2-9H,10-11H2,1H3. The van der Waals surface area contributed by atoms with Crippen LogP contribution in [0.15, 0.2) is 57.9 Å². The molecule has 2 aromatic carbocycles. The van der Waals surface area contributed by atoms with Crippen LogP contribution < -0.4 is 0 Å². The molecule has 1 atom stereocenters. The number of halogens is 1. The van der Waals surface area contributed by atoms with Crippen molar-refractivity contribution < 1.29 is 13.7 Å². The van der Waals surface area contributed by atoms with Crippen LogP contribution in [0.1, 0.15) is 11.1 Å². The third kappa shape index (κ3) is 4.51. The number of hydrogen-bond donors (Lipinski definition) is 0. The number of methoxy groups -OCH3 is 1. The lowest BCUT2D eigenvalue weighted by molar-refractivity contribution is -0.139. The van der Waals surface area contributed by atoms with Gasteiger partial charge in [0.15, 0.2) is 0 Å². The Morgan fingerprint density at radius 3 is 2.33 bits per heavy atom. The molecule has 0 amide bonds. The first kappa shape index (κ1) is 15.9. The molecule has 110 valence electrons. The van der Waals surface area contributed by atoms with E-state index in [2.05, 4.69) is 15.9 Å². The molecule has 0 fully saturated rings. The first-order valence-electron chi connectivity index (χ1n) is 6.37. The van der Waals surface area contributed by atoms with Crippen LogP contribution >= 0.6 is 15.9 Å². The van der Waals surface area contributed by atoms with Gasteiger partial charge in [-0.15, -0.1) is 0 Å². The highest BCUT2D eigenvalue weighted by Gasteiger charge is 2.11. The number of esters is 1. The van der Waals surface area contributed by atoms with E-state index in [9.17, 15) is 9.00 Å². The molecule has 2 rings (SSSR count). The van der Waals surface area contributed by atoms with Crippen molar-refractivity contribution in [3.63, 3.8) is 0 Å². The van der Waals surface area contributed by atoms with E-state index in [4.69, 9.17) is 4.74 Å². The Balaban J connectivity index is 2.17. The molecular weight excluding hydrogens is 352 g/mol. The number of carbonyl (C=O) groups is 1. The molecule has 0 aromatic heterocycles. The summed E-state index contributed by atoms with van der Waals surface area (Å²) in [6.07, 6.45) is 0.199. The zero-order valence-corrected chi connectivity index (χ0v) is 13.9. The average Bonchev–Trinajstić information content (AvgIpc) is 2.49. The van der Waals surface area contributed by atoms with Crippen LogP contribution in [0.25, 0.3) is 0 Å². The monoisotopic (exact) mass is 366 g/mol. The van der Waals surface area contributed by atoms with Crippen molar-refractivity contribution in [2.75, 3.05) is 7.11 Å². The fourth-order valence-corrected chi connectivity index (χ4v) is 3.34. The summed E-state index contributed by atoms with van der Waals surface area (Å²) in [6, 6.07) is 14.9. The Morgan fingerprint density at radius 2 is 1.71 bits per heavy atom. The van der Waals surface area contributed by atoms with Crippen LogP contribution in [0.3, 0.4) is 0 Å². The SMILES string of the molecule is COC(=O)Cc1ccccc1CS(=O)c1ccc(Br)cc1. The first-order valence-corrected chi connectivity index (χ1v) is 8.49. The Kier molecular flexibility index (Phi) is 5.70. The highest BCUT2D eigenvalue weighted by molar-refractivity contribution is 9.10. The molecule has 1 unspecified atom stereocenters.